The molecule has 0 aliphatic carbocycles. The predicted molar refractivity (Wildman–Crippen MR) is 84.5 cm³/mol. The molecule has 1 aromatic heterocycles. The summed E-state index contributed by atoms with van der Waals surface area (Å²) in [6.07, 6.45) is 0.708. The van der Waals surface area contributed by atoms with Crippen molar-refractivity contribution in [2.75, 3.05) is 19.0 Å². The standard InChI is InChI=1S/C15H17FN4O2S/c1-22-9-13-18-15(23-19-13)17-12-6-7-20(14(12)21)8-10-2-4-11(16)5-3-10/h2-5,12H,6-9H2,1H3,(H,17,18,19). The Hall–Kier alpha value is -2.06. The van der Waals surface area contributed by atoms with Gasteiger partial charge in [-0.2, -0.15) is 4.37 Å². The summed E-state index contributed by atoms with van der Waals surface area (Å²) in [6.45, 7) is 1.51. The Bertz CT molecular complexity index is 676. The number of aromatic nitrogens is 2. The van der Waals surface area contributed by atoms with Crippen molar-refractivity contribution >= 4 is 22.6 Å². The number of rotatable bonds is 6. The van der Waals surface area contributed by atoms with E-state index >= 15 is 0 Å². The van der Waals surface area contributed by atoms with Gasteiger partial charge in [0.25, 0.3) is 0 Å². The van der Waals surface area contributed by atoms with Crippen LogP contribution >= 0.6 is 11.5 Å². The van der Waals surface area contributed by atoms with Crippen LogP contribution in [0.25, 0.3) is 0 Å². The molecule has 1 saturated heterocycles. The maximum atomic E-state index is 12.9. The number of methoxy groups -OCH3 is 1. The number of hydrogen-bond acceptors (Lipinski definition) is 6. The fraction of sp³-hybridized carbons (Fsp3) is 0.400. The molecular weight excluding hydrogens is 319 g/mol. The van der Waals surface area contributed by atoms with Gasteiger partial charge in [-0.1, -0.05) is 12.1 Å². The van der Waals surface area contributed by atoms with Crippen LogP contribution in [0.15, 0.2) is 24.3 Å². The molecule has 6 nitrogen and oxygen atoms in total. The summed E-state index contributed by atoms with van der Waals surface area (Å²) in [5, 5.41) is 3.76. The van der Waals surface area contributed by atoms with Gasteiger partial charge in [-0.3, -0.25) is 4.79 Å². The molecule has 3 rings (SSSR count). The maximum absolute atomic E-state index is 12.9. The zero-order valence-corrected chi connectivity index (χ0v) is 13.5. The molecule has 1 amide bonds. The van der Waals surface area contributed by atoms with Crippen molar-refractivity contribution in [1.82, 2.24) is 14.3 Å². The van der Waals surface area contributed by atoms with Crippen molar-refractivity contribution in [2.45, 2.75) is 25.6 Å². The van der Waals surface area contributed by atoms with Crippen LogP contribution in [-0.4, -0.2) is 39.9 Å². The highest BCUT2D eigenvalue weighted by molar-refractivity contribution is 7.09. The number of halogens is 1. The molecule has 1 unspecified atom stereocenters. The second-order valence-corrected chi connectivity index (χ2v) is 6.07. The zero-order valence-electron chi connectivity index (χ0n) is 12.7. The third-order valence-electron chi connectivity index (χ3n) is 3.62. The molecule has 8 heteroatoms. The summed E-state index contributed by atoms with van der Waals surface area (Å²) >= 11 is 1.22. The summed E-state index contributed by atoms with van der Waals surface area (Å²) in [5.41, 5.74) is 0.915. The van der Waals surface area contributed by atoms with E-state index in [1.165, 1.54) is 23.7 Å². The number of carbonyl (C=O) groups excluding carboxylic acids is 1. The summed E-state index contributed by atoms with van der Waals surface area (Å²) in [4.78, 5) is 18.5. The van der Waals surface area contributed by atoms with E-state index in [1.807, 2.05) is 0 Å². The van der Waals surface area contributed by atoms with Crippen LogP contribution in [0.1, 0.15) is 17.8 Å². The second kappa shape index (κ2) is 7.01. The Kier molecular flexibility index (Phi) is 4.82. The molecule has 0 spiro atoms. The lowest BCUT2D eigenvalue weighted by Crippen LogP contribution is -2.33. The minimum absolute atomic E-state index is 0.0258. The van der Waals surface area contributed by atoms with Gasteiger partial charge >= 0.3 is 0 Å². The van der Waals surface area contributed by atoms with E-state index in [0.717, 1.165) is 5.56 Å². The number of ether oxygens (including phenoxy) is 1. The molecule has 0 radical (unpaired) electrons. The molecule has 1 aliphatic heterocycles. The lowest BCUT2D eigenvalue weighted by molar-refractivity contribution is -0.128. The minimum atomic E-state index is -0.293. The monoisotopic (exact) mass is 336 g/mol. The molecule has 2 heterocycles. The molecule has 23 heavy (non-hydrogen) atoms. The largest absolute Gasteiger partial charge is 0.377 e. The number of benzene rings is 1. The average Bonchev–Trinajstić information content (AvgIpc) is 3.12. The van der Waals surface area contributed by atoms with Gasteiger partial charge in [0.2, 0.25) is 11.0 Å². The maximum Gasteiger partial charge on any atom is 0.245 e. The summed E-state index contributed by atoms with van der Waals surface area (Å²) in [6, 6.07) is 5.92. The van der Waals surface area contributed by atoms with Crippen LogP contribution in [0, 0.1) is 5.82 Å². The first kappa shape index (κ1) is 15.8. The molecule has 0 saturated carbocycles. The van der Waals surface area contributed by atoms with Gasteiger partial charge in [0, 0.05) is 31.7 Å². The number of nitrogens with one attached hydrogen (secondary N) is 1. The van der Waals surface area contributed by atoms with E-state index < -0.39 is 0 Å². The van der Waals surface area contributed by atoms with Gasteiger partial charge in [-0.05, 0) is 24.1 Å². The number of amides is 1. The third kappa shape index (κ3) is 3.83. The van der Waals surface area contributed by atoms with Gasteiger partial charge in [-0.15, -0.1) is 0 Å². The van der Waals surface area contributed by atoms with E-state index in [4.69, 9.17) is 4.74 Å². The molecule has 2 aromatic rings. The molecule has 1 atom stereocenters. The number of carbonyl (C=O) groups is 1. The average molecular weight is 336 g/mol. The number of hydrogen-bond donors (Lipinski definition) is 1. The minimum Gasteiger partial charge on any atom is -0.377 e. The van der Waals surface area contributed by atoms with Crippen molar-refractivity contribution in [2.24, 2.45) is 0 Å². The first-order valence-electron chi connectivity index (χ1n) is 7.27. The smallest absolute Gasteiger partial charge is 0.245 e. The van der Waals surface area contributed by atoms with Crippen molar-refractivity contribution in [1.29, 1.82) is 0 Å². The topological polar surface area (TPSA) is 67.3 Å². The van der Waals surface area contributed by atoms with E-state index in [-0.39, 0.29) is 17.8 Å². The highest BCUT2D eigenvalue weighted by Gasteiger charge is 2.32. The number of likely N-dealkylation sites (tertiary alicyclic amines) is 1. The lowest BCUT2D eigenvalue weighted by atomic mass is 10.2. The highest BCUT2D eigenvalue weighted by Crippen LogP contribution is 2.20. The zero-order chi connectivity index (χ0) is 16.2. The fourth-order valence-corrected chi connectivity index (χ4v) is 3.12. The summed E-state index contributed by atoms with van der Waals surface area (Å²) < 4.78 is 22.1. The molecule has 1 aliphatic rings. The van der Waals surface area contributed by atoms with Crippen molar-refractivity contribution in [3.05, 3.63) is 41.5 Å². The summed E-state index contributed by atoms with van der Waals surface area (Å²) in [7, 11) is 1.59. The fourth-order valence-electron chi connectivity index (χ4n) is 2.49. The second-order valence-electron chi connectivity index (χ2n) is 5.32. The van der Waals surface area contributed by atoms with E-state index in [9.17, 15) is 9.18 Å². The Morgan fingerprint density at radius 1 is 1.43 bits per heavy atom. The van der Waals surface area contributed by atoms with Crippen LogP contribution < -0.4 is 5.32 Å². The van der Waals surface area contributed by atoms with E-state index in [0.29, 0.717) is 37.1 Å². The molecular formula is C15H17FN4O2S. The molecule has 0 bridgehead atoms. The van der Waals surface area contributed by atoms with Crippen LogP contribution in [0.4, 0.5) is 9.52 Å². The van der Waals surface area contributed by atoms with E-state index in [2.05, 4.69) is 14.7 Å². The van der Waals surface area contributed by atoms with Gasteiger partial charge in [0.15, 0.2) is 5.82 Å². The van der Waals surface area contributed by atoms with Crippen molar-refractivity contribution < 1.29 is 13.9 Å². The van der Waals surface area contributed by atoms with Gasteiger partial charge in [-0.25, -0.2) is 9.37 Å². The van der Waals surface area contributed by atoms with Crippen LogP contribution in [-0.2, 0) is 22.7 Å². The van der Waals surface area contributed by atoms with Crippen LogP contribution in [0.5, 0.6) is 0 Å². The normalized spacial score (nSPS) is 17.7. The lowest BCUT2D eigenvalue weighted by Gasteiger charge is -2.17. The Morgan fingerprint density at radius 3 is 2.96 bits per heavy atom. The Labute approximate surface area is 137 Å². The molecule has 122 valence electrons. The molecule has 1 fully saturated rings. The highest BCUT2D eigenvalue weighted by atomic mass is 32.1. The molecule has 1 N–H and O–H groups in total. The van der Waals surface area contributed by atoms with E-state index in [1.54, 1.807) is 24.1 Å². The quantitative estimate of drug-likeness (QED) is 0.874. The van der Waals surface area contributed by atoms with Crippen LogP contribution in [0.2, 0.25) is 0 Å². The molecule has 1 aromatic carbocycles. The van der Waals surface area contributed by atoms with Crippen LogP contribution in [0.3, 0.4) is 0 Å². The van der Waals surface area contributed by atoms with Crippen molar-refractivity contribution in [3.63, 3.8) is 0 Å². The first-order chi connectivity index (χ1) is 11.2. The Balaban J connectivity index is 1.58. The first-order valence-corrected chi connectivity index (χ1v) is 8.04. The number of anilines is 1. The van der Waals surface area contributed by atoms with Crippen molar-refractivity contribution in [3.8, 4) is 0 Å². The van der Waals surface area contributed by atoms with Gasteiger partial charge in [0.1, 0.15) is 18.5 Å². The van der Waals surface area contributed by atoms with Gasteiger partial charge in [0.05, 0.1) is 0 Å². The number of nitrogens with zero attached hydrogens (tertiary/aromatic N) is 3. The Morgan fingerprint density at radius 2 is 2.22 bits per heavy atom. The third-order valence-corrected chi connectivity index (χ3v) is 4.31. The summed E-state index contributed by atoms with van der Waals surface area (Å²) in [5.74, 6) is 0.357. The SMILES string of the molecule is COCc1nsc(NC2CCN(Cc3ccc(F)cc3)C2=O)n1. The van der Waals surface area contributed by atoms with Gasteiger partial charge < -0.3 is 15.0 Å². The predicted octanol–water partition coefficient (Wildman–Crippen LogP) is 2.04.